The molecule has 1 saturated carbocycles. The van der Waals surface area contributed by atoms with E-state index in [1.54, 1.807) is 4.90 Å². The molecule has 2 aliphatic rings. The Kier molecular flexibility index (Phi) is 5.15. The summed E-state index contributed by atoms with van der Waals surface area (Å²) in [4.78, 5) is 24.5. The summed E-state index contributed by atoms with van der Waals surface area (Å²) in [5.74, 6) is -1.04. The fourth-order valence-electron chi connectivity index (χ4n) is 2.68. The maximum atomic E-state index is 12.1. The van der Waals surface area contributed by atoms with Gasteiger partial charge in [-0.3, -0.25) is 9.59 Å². The van der Waals surface area contributed by atoms with E-state index in [1.165, 1.54) is 0 Å². The summed E-state index contributed by atoms with van der Waals surface area (Å²) in [6.45, 7) is 1.26. The molecule has 2 rings (SSSR count). The van der Waals surface area contributed by atoms with E-state index in [0.29, 0.717) is 19.8 Å². The highest BCUT2D eigenvalue weighted by Crippen LogP contribution is 2.21. The molecule has 1 amide bonds. The number of carbonyl (C=O) groups excluding carboxylic acids is 1. The van der Waals surface area contributed by atoms with Crippen LogP contribution in [0.15, 0.2) is 0 Å². The van der Waals surface area contributed by atoms with Gasteiger partial charge in [-0.1, -0.05) is 12.8 Å². The van der Waals surface area contributed by atoms with Crippen LogP contribution in [0.25, 0.3) is 0 Å². The van der Waals surface area contributed by atoms with E-state index >= 15 is 0 Å². The first-order valence-electron chi connectivity index (χ1n) is 6.87. The normalized spacial score (nSPS) is 24.6. The molecule has 0 bridgehead atoms. The molecule has 0 spiro atoms. The van der Waals surface area contributed by atoms with Crippen LogP contribution < -0.4 is 0 Å². The molecule has 0 aromatic rings. The molecule has 1 aliphatic carbocycles. The Hall–Kier alpha value is -1.14. The van der Waals surface area contributed by atoms with E-state index in [9.17, 15) is 9.59 Å². The van der Waals surface area contributed by atoms with Crippen LogP contribution in [0.1, 0.15) is 32.1 Å². The van der Waals surface area contributed by atoms with Gasteiger partial charge in [0, 0.05) is 6.54 Å². The van der Waals surface area contributed by atoms with Gasteiger partial charge in [-0.2, -0.15) is 0 Å². The van der Waals surface area contributed by atoms with Crippen LogP contribution in [0.4, 0.5) is 0 Å². The number of hydrogen-bond donors (Lipinski definition) is 1. The van der Waals surface area contributed by atoms with Gasteiger partial charge < -0.3 is 19.5 Å². The molecule has 6 nitrogen and oxygen atoms in total. The van der Waals surface area contributed by atoms with Crippen molar-refractivity contribution in [1.29, 1.82) is 0 Å². The molecule has 0 aromatic carbocycles. The lowest BCUT2D eigenvalue weighted by atomic mass is 10.1. The third kappa shape index (κ3) is 4.18. The predicted molar refractivity (Wildman–Crippen MR) is 66.8 cm³/mol. The van der Waals surface area contributed by atoms with Crippen LogP contribution >= 0.6 is 0 Å². The number of carbonyl (C=O) groups is 2. The number of carboxylic acids is 1. The Bertz CT molecular complexity index is 327. The van der Waals surface area contributed by atoms with E-state index < -0.39 is 5.97 Å². The van der Waals surface area contributed by atoms with Gasteiger partial charge >= 0.3 is 5.97 Å². The molecule has 1 aliphatic heterocycles. The standard InChI is InChI=1S/C13H21NO5/c15-12(9-19-11-3-1-2-4-11)14-5-6-18-8-10(14)7-13(16)17/h10-11H,1-9H2,(H,16,17). The van der Waals surface area contributed by atoms with Gasteiger partial charge in [0.05, 0.1) is 31.8 Å². The van der Waals surface area contributed by atoms with Gasteiger partial charge in [0.25, 0.3) is 0 Å². The average molecular weight is 271 g/mol. The summed E-state index contributed by atoms with van der Waals surface area (Å²) in [7, 11) is 0. The van der Waals surface area contributed by atoms with E-state index in [-0.39, 0.29) is 31.1 Å². The van der Waals surface area contributed by atoms with Crippen LogP contribution in [0.5, 0.6) is 0 Å². The molecule has 0 radical (unpaired) electrons. The van der Waals surface area contributed by atoms with Crippen LogP contribution in [-0.2, 0) is 19.1 Å². The SMILES string of the molecule is O=C(O)CC1COCCN1C(=O)COC1CCCC1. The molecule has 1 N–H and O–H groups in total. The number of ether oxygens (including phenoxy) is 2. The molecule has 1 heterocycles. The minimum Gasteiger partial charge on any atom is -0.481 e. The zero-order chi connectivity index (χ0) is 13.7. The first-order chi connectivity index (χ1) is 9.16. The van der Waals surface area contributed by atoms with E-state index in [4.69, 9.17) is 14.6 Å². The lowest BCUT2D eigenvalue weighted by Crippen LogP contribution is -2.50. The summed E-state index contributed by atoms with van der Waals surface area (Å²) in [6, 6.07) is -0.370. The molecule has 2 fully saturated rings. The lowest BCUT2D eigenvalue weighted by molar-refractivity contribution is -0.150. The van der Waals surface area contributed by atoms with Crippen LogP contribution in [0.2, 0.25) is 0 Å². The van der Waals surface area contributed by atoms with Gasteiger partial charge in [0.1, 0.15) is 6.61 Å². The monoisotopic (exact) mass is 271 g/mol. The smallest absolute Gasteiger partial charge is 0.305 e. The number of amides is 1. The van der Waals surface area contributed by atoms with Gasteiger partial charge in [0.15, 0.2) is 0 Å². The van der Waals surface area contributed by atoms with Crippen molar-refractivity contribution in [3.8, 4) is 0 Å². The van der Waals surface area contributed by atoms with E-state index in [2.05, 4.69) is 0 Å². The van der Waals surface area contributed by atoms with Crippen molar-refractivity contribution < 1.29 is 24.2 Å². The highest BCUT2D eigenvalue weighted by Gasteiger charge is 2.29. The van der Waals surface area contributed by atoms with Crippen LogP contribution in [-0.4, -0.2) is 60.4 Å². The van der Waals surface area contributed by atoms with Gasteiger partial charge in [0.2, 0.25) is 5.91 Å². The Balaban J connectivity index is 1.82. The van der Waals surface area contributed by atoms with Crippen molar-refractivity contribution in [2.75, 3.05) is 26.4 Å². The number of carboxylic acid groups (broad SMARTS) is 1. The Labute approximate surface area is 112 Å². The maximum Gasteiger partial charge on any atom is 0.305 e. The second kappa shape index (κ2) is 6.86. The molecule has 0 aromatic heterocycles. The summed E-state index contributed by atoms with van der Waals surface area (Å²) >= 11 is 0. The molecule has 1 atom stereocenters. The highest BCUT2D eigenvalue weighted by molar-refractivity contribution is 5.79. The van der Waals surface area contributed by atoms with Crippen molar-refractivity contribution in [2.24, 2.45) is 0 Å². The topological polar surface area (TPSA) is 76.1 Å². The number of rotatable bonds is 5. The summed E-state index contributed by atoms with van der Waals surface area (Å²) in [5, 5.41) is 8.84. The van der Waals surface area contributed by atoms with E-state index in [1.807, 2.05) is 0 Å². The molecule has 108 valence electrons. The first-order valence-corrected chi connectivity index (χ1v) is 6.87. The molecule has 1 saturated heterocycles. The lowest BCUT2D eigenvalue weighted by Gasteiger charge is -2.35. The summed E-state index contributed by atoms with van der Waals surface area (Å²) in [6.07, 6.45) is 4.50. The first kappa shape index (κ1) is 14.3. The van der Waals surface area contributed by atoms with Gasteiger partial charge in [-0.25, -0.2) is 0 Å². The number of aliphatic carboxylic acids is 1. The highest BCUT2D eigenvalue weighted by atomic mass is 16.5. The minimum absolute atomic E-state index is 0.0563. The molecule has 6 heteroatoms. The summed E-state index contributed by atoms with van der Waals surface area (Å²) in [5.41, 5.74) is 0. The van der Waals surface area contributed by atoms with Crippen molar-refractivity contribution >= 4 is 11.9 Å². The minimum atomic E-state index is -0.912. The Morgan fingerprint density at radius 1 is 1.32 bits per heavy atom. The summed E-state index contributed by atoms with van der Waals surface area (Å²) < 4.78 is 10.8. The third-order valence-electron chi connectivity index (χ3n) is 3.70. The van der Waals surface area contributed by atoms with Gasteiger partial charge in [-0.05, 0) is 12.8 Å². The average Bonchev–Trinajstić information content (AvgIpc) is 2.89. The van der Waals surface area contributed by atoms with Crippen molar-refractivity contribution in [3.63, 3.8) is 0 Å². The van der Waals surface area contributed by atoms with Gasteiger partial charge in [-0.15, -0.1) is 0 Å². The number of morpholine rings is 1. The largest absolute Gasteiger partial charge is 0.481 e. The quantitative estimate of drug-likeness (QED) is 0.794. The number of hydrogen-bond acceptors (Lipinski definition) is 4. The maximum absolute atomic E-state index is 12.1. The predicted octanol–water partition coefficient (Wildman–Crippen LogP) is 0.648. The fourth-order valence-corrected chi connectivity index (χ4v) is 2.68. The van der Waals surface area contributed by atoms with Crippen molar-refractivity contribution in [1.82, 2.24) is 4.90 Å². The zero-order valence-corrected chi connectivity index (χ0v) is 11.0. The fraction of sp³-hybridized carbons (Fsp3) is 0.846. The van der Waals surface area contributed by atoms with Crippen LogP contribution in [0.3, 0.4) is 0 Å². The molecule has 1 unspecified atom stereocenters. The van der Waals surface area contributed by atoms with Crippen molar-refractivity contribution in [2.45, 2.75) is 44.2 Å². The molecular formula is C13H21NO5. The Morgan fingerprint density at radius 3 is 2.74 bits per heavy atom. The molecule has 19 heavy (non-hydrogen) atoms. The second-order valence-corrected chi connectivity index (χ2v) is 5.13. The third-order valence-corrected chi connectivity index (χ3v) is 3.70. The number of nitrogens with zero attached hydrogens (tertiary/aromatic N) is 1. The van der Waals surface area contributed by atoms with Crippen molar-refractivity contribution in [3.05, 3.63) is 0 Å². The second-order valence-electron chi connectivity index (χ2n) is 5.13. The van der Waals surface area contributed by atoms with E-state index in [0.717, 1.165) is 25.7 Å². The van der Waals surface area contributed by atoms with Crippen LogP contribution in [0, 0.1) is 0 Å². The Morgan fingerprint density at radius 2 is 2.05 bits per heavy atom. The zero-order valence-electron chi connectivity index (χ0n) is 11.0. The molecular weight excluding hydrogens is 250 g/mol.